The van der Waals surface area contributed by atoms with E-state index in [2.05, 4.69) is 0 Å². The fraction of sp³-hybridized carbons (Fsp3) is 0.545. The highest BCUT2D eigenvalue weighted by Crippen LogP contribution is 2.28. The minimum atomic E-state index is 0.200. The van der Waals surface area contributed by atoms with Gasteiger partial charge in [-0.05, 0) is 32.3 Å². The summed E-state index contributed by atoms with van der Waals surface area (Å²) in [4.78, 5) is 11.4. The number of hydrogen-bond donors (Lipinski definition) is 0. The van der Waals surface area contributed by atoms with Gasteiger partial charge in [-0.3, -0.25) is 4.79 Å². The van der Waals surface area contributed by atoms with E-state index in [1.54, 1.807) is 0 Å². The van der Waals surface area contributed by atoms with Crippen molar-refractivity contribution in [3.05, 3.63) is 23.8 Å². The lowest BCUT2D eigenvalue weighted by atomic mass is 9.96. The van der Waals surface area contributed by atoms with Crippen LogP contribution < -0.4 is 0 Å². The van der Waals surface area contributed by atoms with E-state index in [0.717, 1.165) is 19.3 Å². The first-order chi connectivity index (χ1) is 5.79. The van der Waals surface area contributed by atoms with Crippen molar-refractivity contribution >= 4 is 5.78 Å². The summed E-state index contributed by atoms with van der Waals surface area (Å²) in [5.41, 5.74) is 1.19. The molecule has 1 heteroatoms. The lowest BCUT2D eigenvalue weighted by molar-refractivity contribution is -0.119. The van der Waals surface area contributed by atoms with Gasteiger partial charge in [-0.2, -0.15) is 0 Å². The first-order valence-electron chi connectivity index (χ1n) is 4.61. The van der Waals surface area contributed by atoms with Crippen molar-refractivity contribution in [1.82, 2.24) is 0 Å². The van der Waals surface area contributed by atoms with E-state index < -0.39 is 0 Å². The maximum Gasteiger partial charge on any atom is 0.140 e. The van der Waals surface area contributed by atoms with Crippen LogP contribution in [0.3, 0.4) is 0 Å². The number of rotatable bonds is 2. The Bertz CT molecular complexity index is 223. The Hall–Kier alpha value is -0.850. The van der Waals surface area contributed by atoms with Crippen LogP contribution in [0.25, 0.3) is 0 Å². The average Bonchev–Trinajstić information content (AvgIpc) is 2.47. The molecular weight excluding hydrogens is 148 g/mol. The number of carbonyl (C=O) groups is 1. The molecule has 1 saturated carbocycles. The van der Waals surface area contributed by atoms with Gasteiger partial charge in [-0.15, -0.1) is 0 Å². The topological polar surface area (TPSA) is 17.1 Å². The molecule has 1 fully saturated rings. The van der Waals surface area contributed by atoms with Crippen LogP contribution in [0.2, 0.25) is 0 Å². The summed E-state index contributed by atoms with van der Waals surface area (Å²) in [5, 5.41) is 0. The third kappa shape index (κ3) is 1.84. The van der Waals surface area contributed by atoms with Crippen LogP contribution in [-0.4, -0.2) is 5.78 Å². The fourth-order valence-electron chi connectivity index (χ4n) is 1.77. The third-order valence-corrected chi connectivity index (χ3v) is 2.40. The van der Waals surface area contributed by atoms with Crippen LogP contribution in [0, 0.1) is 5.92 Å². The van der Waals surface area contributed by atoms with Crippen molar-refractivity contribution in [3.63, 3.8) is 0 Å². The Morgan fingerprint density at radius 1 is 1.50 bits per heavy atom. The van der Waals surface area contributed by atoms with Crippen LogP contribution in [0.4, 0.5) is 0 Å². The third-order valence-electron chi connectivity index (χ3n) is 2.40. The van der Waals surface area contributed by atoms with Gasteiger partial charge in [0.15, 0.2) is 0 Å². The summed E-state index contributed by atoms with van der Waals surface area (Å²) in [6, 6.07) is 0. The van der Waals surface area contributed by atoms with Crippen LogP contribution in [0.15, 0.2) is 23.8 Å². The predicted octanol–water partition coefficient (Wildman–Crippen LogP) is 2.88. The highest BCUT2D eigenvalue weighted by molar-refractivity contribution is 5.86. The lowest BCUT2D eigenvalue weighted by Gasteiger charge is -2.07. The van der Waals surface area contributed by atoms with Gasteiger partial charge in [0.1, 0.15) is 5.78 Å². The van der Waals surface area contributed by atoms with Gasteiger partial charge in [0.25, 0.3) is 0 Å². The van der Waals surface area contributed by atoms with Crippen LogP contribution in [0.1, 0.15) is 33.1 Å². The molecule has 1 atom stereocenters. The number of allylic oxidation sites excluding steroid dienone is 4. The molecule has 0 N–H and O–H groups in total. The molecule has 0 aliphatic heterocycles. The Balaban J connectivity index is 2.72. The van der Waals surface area contributed by atoms with Crippen LogP contribution in [-0.2, 0) is 4.79 Å². The first kappa shape index (κ1) is 9.24. The van der Waals surface area contributed by atoms with Gasteiger partial charge in [-0.25, -0.2) is 0 Å². The molecule has 12 heavy (non-hydrogen) atoms. The average molecular weight is 164 g/mol. The van der Waals surface area contributed by atoms with Crippen LogP contribution >= 0.6 is 0 Å². The van der Waals surface area contributed by atoms with E-state index >= 15 is 0 Å². The molecule has 0 radical (unpaired) electrons. The quantitative estimate of drug-likeness (QED) is 0.573. The van der Waals surface area contributed by atoms with Gasteiger partial charge in [0.2, 0.25) is 0 Å². The zero-order valence-electron chi connectivity index (χ0n) is 7.84. The van der Waals surface area contributed by atoms with Gasteiger partial charge >= 0.3 is 0 Å². The molecule has 0 heterocycles. The molecule has 1 rings (SSSR count). The molecule has 0 amide bonds. The minimum absolute atomic E-state index is 0.200. The summed E-state index contributed by atoms with van der Waals surface area (Å²) in [7, 11) is 0. The first-order valence-corrected chi connectivity index (χ1v) is 4.61. The van der Waals surface area contributed by atoms with Gasteiger partial charge in [-0.1, -0.05) is 18.2 Å². The number of carbonyl (C=O) groups excluding carboxylic acids is 1. The largest absolute Gasteiger partial charge is 0.299 e. The molecule has 1 unspecified atom stereocenters. The summed E-state index contributed by atoms with van der Waals surface area (Å²) in [6.07, 6.45) is 8.99. The second kappa shape index (κ2) is 4.24. The Morgan fingerprint density at radius 3 is 2.67 bits per heavy atom. The van der Waals surface area contributed by atoms with Crippen molar-refractivity contribution < 1.29 is 4.79 Å². The van der Waals surface area contributed by atoms with E-state index in [-0.39, 0.29) is 5.92 Å². The van der Waals surface area contributed by atoms with Crippen molar-refractivity contribution in [3.8, 4) is 0 Å². The van der Waals surface area contributed by atoms with Crippen molar-refractivity contribution in [2.45, 2.75) is 33.1 Å². The standard InChI is InChI=1S/C11H16O/c1-3-6-9(4-2)10-7-5-8-11(10)12/h3-4,6,10H,5,7-8H2,1-2H3/b6-3-,9-4+. The Kier molecular flexibility index (Phi) is 3.27. The molecule has 0 spiro atoms. The van der Waals surface area contributed by atoms with Crippen molar-refractivity contribution in [2.24, 2.45) is 5.92 Å². The molecule has 0 bridgehead atoms. The highest BCUT2D eigenvalue weighted by Gasteiger charge is 2.25. The molecule has 1 aliphatic rings. The van der Waals surface area contributed by atoms with Crippen molar-refractivity contribution in [1.29, 1.82) is 0 Å². The SMILES string of the molecule is C/C=C\C(=C/C)C1CCCC1=O. The molecule has 0 aromatic heterocycles. The predicted molar refractivity (Wildman–Crippen MR) is 50.9 cm³/mol. The van der Waals surface area contributed by atoms with Gasteiger partial charge in [0, 0.05) is 12.3 Å². The maximum absolute atomic E-state index is 11.4. The van der Waals surface area contributed by atoms with E-state index in [1.165, 1.54) is 5.57 Å². The lowest BCUT2D eigenvalue weighted by Crippen LogP contribution is -2.07. The zero-order valence-corrected chi connectivity index (χ0v) is 7.84. The summed E-state index contributed by atoms with van der Waals surface area (Å²) < 4.78 is 0. The Labute approximate surface area is 74.2 Å². The van der Waals surface area contributed by atoms with Gasteiger partial charge < -0.3 is 0 Å². The van der Waals surface area contributed by atoms with Crippen LogP contribution in [0.5, 0.6) is 0 Å². The summed E-state index contributed by atoms with van der Waals surface area (Å²) in [5.74, 6) is 0.618. The molecular formula is C11H16O. The molecule has 0 aromatic carbocycles. The monoisotopic (exact) mass is 164 g/mol. The highest BCUT2D eigenvalue weighted by atomic mass is 16.1. The van der Waals surface area contributed by atoms with E-state index in [9.17, 15) is 4.79 Å². The van der Waals surface area contributed by atoms with Crippen molar-refractivity contribution in [2.75, 3.05) is 0 Å². The van der Waals surface area contributed by atoms with E-state index in [4.69, 9.17) is 0 Å². The number of ketones is 1. The second-order valence-corrected chi connectivity index (χ2v) is 3.20. The summed E-state index contributed by atoms with van der Waals surface area (Å²) >= 11 is 0. The molecule has 1 nitrogen and oxygen atoms in total. The summed E-state index contributed by atoms with van der Waals surface area (Å²) in [6.45, 7) is 3.99. The smallest absolute Gasteiger partial charge is 0.140 e. The molecule has 66 valence electrons. The molecule has 0 aromatic rings. The second-order valence-electron chi connectivity index (χ2n) is 3.20. The normalized spacial score (nSPS) is 25.7. The maximum atomic E-state index is 11.4. The molecule has 1 aliphatic carbocycles. The van der Waals surface area contributed by atoms with Gasteiger partial charge in [0.05, 0.1) is 0 Å². The number of Topliss-reactive ketones (excluding diaryl/α,β-unsaturated/α-hetero) is 1. The Morgan fingerprint density at radius 2 is 2.25 bits per heavy atom. The van der Waals surface area contributed by atoms with E-state index in [0.29, 0.717) is 5.78 Å². The molecule has 0 saturated heterocycles. The fourth-order valence-corrected chi connectivity index (χ4v) is 1.77. The number of hydrogen-bond acceptors (Lipinski definition) is 1. The minimum Gasteiger partial charge on any atom is -0.299 e. The van der Waals surface area contributed by atoms with E-state index in [1.807, 2.05) is 32.1 Å². The zero-order chi connectivity index (χ0) is 8.97.